The maximum atomic E-state index is 12.7. The molecule has 4 aliphatic carbocycles. The Balaban J connectivity index is 1.54. The van der Waals surface area contributed by atoms with Crippen LogP contribution in [0.1, 0.15) is 49.7 Å². The Kier molecular flexibility index (Phi) is 2.48. The second kappa shape index (κ2) is 4.15. The smallest absolute Gasteiger partial charge is 0.142 e. The van der Waals surface area contributed by atoms with Gasteiger partial charge in [0.25, 0.3) is 0 Å². The molecular weight excluding hydrogens is 272 g/mol. The Morgan fingerprint density at radius 2 is 2.05 bits per heavy atom. The lowest BCUT2D eigenvalue weighted by Crippen LogP contribution is -2.44. The van der Waals surface area contributed by atoms with Crippen LogP contribution in [0.25, 0.3) is 0 Å². The summed E-state index contributed by atoms with van der Waals surface area (Å²) in [6, 6.07) is 6.66. The van der Waals surface area contributed by atoms with E-state index < -0.39 is 0 Å². The zero-order chi connectivity index (χ0) is 15.1. The summed E-state index contributed by atoms with van der Waals surface area (Å²) >= 11 is 0. The molecule has 6 atom stereocenters. The lowest BCUT2D eigenvalue weighted by atomic mass is 9.54. The molecular formula is C20H24O2. The first-order valence-electron chi connectivity index (χ1n) is 8.84. The fraction of sp³-hybridized carbons (Fsp3) is 0.650. The molecule has 0 spiro atoms. The van der Waals surface area contributed by atoms with Crippen LogP contribution in [0.4, 0.5) is 0 Å². The molecule has 1 aromatic carbocycles. The highest BCUT2D eigenvalue weighted by Gasteiger charge is 2.68. The number of fused-ring (bicyclic) bond motifs is 7. The van der Waals surface area contributed by atoms with E-state index in [9.17, 15) is 4.79 Å². The van der Waals surface area contributed by atoms with Crippen molar-refractivity contribution in [2.24, 2.45) is 29.1 Å². The third kappa shape index (κ3) is 1.49. The number of aryl methyl sites for hydroxylation is 1. The van der Waals surface area contributed by atoms with Gasteiger partial charge < -0.3 is 4.74 Å². The lowest BCUT2D eigenvalue weighted by molar-refractivity contribution is -0.132. The molecule has 116 valence electrons. The zero-order valence-electron chi connectivity index (χ0n) is 13.5. The van der Waals surface area contributed by atoms with E-state index in [4.69, 9.17) is 4.74 Å². The molecule has 0 saturated heterocycles. The number of ether oxygens (including phenoxy) is 1. The van der Waals surface area contributed by atoms with Gasteiger partial charge in [0, 0.05) is 11.3 Å². The minimum absolute atomic E-state index is 0.0126. The molecule has 0 unspecified atom stereocenters. The predicted molar refractivity (Wildman–Crippen MR) is 85.0 cm³/mol. The average molecular weight is 296 g/mol. The molecule has 5 rings (SSSR count). The summed E-state index contributed by atoms with van der Waals surface area (Å²) in [5, 5.41) is 0. The van der Waals surface area contributed by atoms with E-state index in [1.54, 1.807) is 12.7 Å². The molecule has 0 bridgehead atoms. The Hall–Kier alpha value is -1.31. The molecule has 0 aromatic heterocycles. The first-order chi connectivity index (χ1) is 10.6. The van der Waals surface area contributed by atoms with Crippen LogP contribution < -0.4 is 4.74 Å². The predicted octanol–water partition coefficient (Wildman–Crippen LogP) is 3.98. The number of hydrogen-bond acceptors (Lipinski definition) is 2. The third-order valence-electron chi connectivity index (χ3n) is 7.39. The maximum Gasteiger partial charge on any atom is 0.142 e. The number of hydrogen-bond donors (Lipinski definition) is 0. The molecule has 4 aliphatic rings. The summed E-state index contributed by atoms with van der Waals surface area (Å²) in [5.74, 6) is 4.84. The Bertz CT molecular complexity index is 664. The van der Waals surface area contributed by atoms with Gasteiger partial charge in [-0.2, -0.15) is 0 Å². The quantitative estimate of drug-likeness (QED) is 0.783. The van der Waals surface area contributed by atoms with Crippen molar-refractivity contribution in [3.05, 3.63) is 29.3 Å². The van der Waals surface area contributed by atoms with Gasteiger partial charge in [-0.25, -0.2) is 0 Å². The monoisotopic (exact) mass is 296 g/mol. The van der Waals surface area contributed by atoms with Crippen LogP contribution in [-0.2, 0) is 11.2 Å². The number of carbonyl (C=O) groups excluding carboxylic acids is 1. The highest BCUT2D eigenvalue weighted by atomic mass is 16.5. The number of Topliss-reactive ketones (excluding diaryl/α,β-unsaturated/α-hetero) is 1. The summed E-state index contributed by atoms with van der Waals surface area (Å²) < 4.78 is 5.39. The van der Waals surface area contributed by atoms with Crippen molar-refractivity contribution < 1.29 is 9.53 Å². The van der Waals surface area contributed by atoms with Crippen LogP contribution in [0.2, 0.25) is 0 Å². The molecule has 2 nitrogen and oxygen atoms in total. The molecule has 0 radical (unpaired) electrons. The topological polar surface area (TPSA) is 26.3 Å². The van der Waals surface area contributed by atoms with E-state index in [1.807, 2.05) is 0 Å². The standard InChI is InChI=1S/C20H24O2/c1-20-8-7-14-13-6-4-12(22-2)9-11(13)3-5-15(14)18(20)16-10-17(16)19(20)21/h4,6,9,14-18H,3,5,7-8,10H2,1-2H3/t14-,15-,16-,17+,18+,20+/m1/s1. The molecule has 3 saturated carbocycles. The van der Waals surface area contributed by atoms with Gasteiger partial charge in [0.15, 0.2) is 0 Å². The number of carbonyl (C=O) groups is 1. The van der Waals surface area contributed by atoms with E-state index in [0.717, 1.165) is 30.4 Å². The second-order valence-electron chi connectivity index (χ2n) is 8.23. The van der Waals surface area contributed by atoms with E-state index in [1.165, 1.54) is 24.8 Å². The molecule has 22 heavy (non-hydrogen) atoms. The fourth-order valence-electron chi connectivity index (χ4n) is 6.35. The summed E-state index contributed by atoms with van der Waals surface area (Å²) in [5.41, 5.74) is 3.05. The van der Waals surface area contributed by atoms with Gasteiger partial charge in [-0.05, 0) is 79.0 Å². The molecule has 2 heteroatoms. The highest BCUT2D eigenvalue weighted by Crippen LogP contribution is 2.70. The van der Waals surface area contributed by atoms with Gasteiger partial charge >= 0.3 is 0 Å². The van der Waals surface area contributed by atoms with Crippen LogP contribution in [0.3, 0.4) is 0 Å². The van der Waals surface area contributed by atoms with Crippen LogP contribution in [0.5, 0.6) is 5.75 Å². The van der Waals surface area contributed by atoms with Crippen molar-refractivity contribution in [3.8, 4) is 5.75 Å². The summed E-state index contributed by atoms with van der Waals surface area (Å²) in [6.07, 6.45) is 5.92. The molecule has 0 heterocycles. The summed E-state index contributed by atoms with van der Waals surface area (Å²) in [6.45, 7) is 2.28. The minimum Gasteiger partial charge on any atom is -0.497 e. The van der Waals surface area contributed by atoms with Gasteiger partial charge in [-0.3, -0.25) is 4.79 Å². The normalized spacial score (nSPS) is 44.6. The van der Waals surface area contributed by atoms with E-state index >= 15 is 0 Å². The molecule has 0 amide bonds. The molecule has 3 fully saturated rings. The highest BCUT2D eigenvalue weighted by molar-refractivity contribution is 5.92. The van der Waals surface area contributed by atoms with Crippen molar-refractivity contribution in [2.75, 3.05) is 7.11 Å². The van der Waals surface area contributed by atoms with Crippen LogP contribution in [0.15, 0.2) is 18.2 Å². The van der Waals surface area contributed by atoms with Gasteiger partial charge in [-0.1, -0.05) is 13.0 Å². The Morgan fingerprint density at radius 3 is 2.86 bits per heavy atom. The van der Waals surface area contributed by atoms with Gasteiger partial charge in [0.2, 0.25) is 0 Å². The van der Waals surface area contributed by atoms with E-state index in [0.29, 0.717) is 23.5 Å². The fourth-order valence-corrected chi connectivity index (χ4v) is 6.35. The number of rotatable bonds is 1. The third-order valence-corrected chi connectivity index (χ3v) is 7.39. The Morgan fingerprint density at radius 1 is 1.18 bits per heavy atom. The van der Waals surface area contributed by atoms with Crippen molar-refractivity contribution in [1.29, 1.82) is 0 Å². The number of ketones is 1. The number of benzene rings is 1. The van der Waals surface area contributed by atoms with Crippen molar-refractivity contribution in [3.63, 3.8) is 0 Å². The second-order valence-corrected chi connectivity index (χ2v) is 8.23. The van der Waals surface area contributed by atoms with Gasteiger partial charge in [0.05, 0.1) is 7.11 Å². The lowest BCUT2D eigenvalue weighted by Gasteiger charge is -2.49. The molecule has 0 aliphatic heterocycles. The summed E-state index contributed by atoms with van der Waals surface area (Å²) in [4.78, 5) is 12.7. The molecule has 1 aromatic rings. The SMILES string of the molecule is COc1ccc2c(c1)CC[C@H]1[C@H]3[C@@H]4C[C@@H]4C(=O)[C@@]3(C)CC[C@H]21. The van der Waals surface area contributed by atoms with Crippen LogP contribution in [-0.4, -0.2) is 12.9 Å². The maximum absolute atomic E-state index is 12.7. The summed E-state index contributed by atoms with van der Waals surface area (Å²) in [7, 11) is 1.75. The van der Waals surface area contributed by atoms with Crippen molar-refractivity contribution in [2.45, 2.75) is 44.9 Å². The van der Waals surface area contributed by atoms with Crippen LogP contribution in [0, 0.1) is 29.1 Å². The van der Waals surface area contributed by atoms with E-state index in [2.05, 4.69) is 25.1 Å². The van der Waals surface area contributed by atoms with Crippen molar-refractivity contribution in [1.82, 2.24) is 0 Å². The number of methoxy groups -OCH3 is 1. The largest absolute Gasteiger partial charge is 0.497 e. The van der Waals surface area contributed by atoms with Crippen molar-refractivity contribution >= 4 is 5.78 Å². The minimum atomic E-state index is 0.0126. The first-order valence-corrected chi connectivity index (χ1v) is 8.84. The van der Waals surface area contributed by atoms with Gasteiger partial charge in [-0.15, -0.1) is 0 Å². The average Bonchev–Trinajstić information content (AvgIpc) is 3.28. The zero-order valence-corrected chi connectivity index (χ0v) is 13.5. The van der Waals surface area contributed by atoms with Gasteiger partial charge in [0.1, 0.15) is 11.5 Å². The van der Waals surface area contributed by atoms with Crippen LogP contribution >= 0.6 is 0 Å². The Labute approximate surface area is 132 Å². The van der Waals surface area contributed by atoms with E-state index in [-0.39, 0.29) is 5.41 Å². The molecule has 0 N–H and O–H groups in total. The first kappa shape index (κ1) is 13.2.